The lowest BCUT2D eigenvalue weighted by atomic mass is 10.0. The number of ether oxygens (including phenoxy) is 1. The quantitative estimate of drug-likeness (QED) is 0.542. The maximum absolute atomic E-state index is 12.6. The molecule has 9 nitrogen and oxygen atoms in total. The van der Waals surface area contributed by atoms with E-state index in [4.69, 9.17) is 9.84 Å². The Morgan fingerprint density at radius 2 is 1.96 bits per heavy atom. The maximum atomic E-state index is 12.6. The van der Waals surface area contributed by atoms with E-state index in [0.717, 1.165) is 12.0 Å². The summed E-state index contributed by atoms with van der Waals surface area (Å²) in [7, 11) is 1.00. The van der Waals surface area contributed by atoms with Gasteiger partial charge in [-0.25, -0.2) is 0 Å². The van der Waals surface area contributed by atoms with E-state index in [1.54, 1.807) is 0 Å². The Morgan fingerprint density at radius 1 is 1.24 bits per heavy atom. The number of aldehydes is 1. The number of aliphatic hydroxyl groups excluding tert-OH is 1. The highest BCUT2D eigenvalue weighted by Gasteiger charge is 2.45. The number of imide groups is 2. The van der Waals surface area contributed by atoms with Gasteiger partial charge in [0, 0.05) is 13.5 Å². The summed E-state index contributed by atoms with van der Waals surface area (Å²) in [5.41, 5.74) is 0.146. The monoisotopic (exact) mass is 348 g/mol. The molecule has 1 fully saturated rings. The standard InChI is InChI=1S/C15H12N2O6.CH4O/c18-6-7-23-10-3-1-2-8-12(10)15(22)17(14(8)21)9-4-5-11(19)16-13(9)20;1-2/h1-3,6,9H,4-5,7H2,(H,16,19,20);2H,1H3. The van der Waals surface area contributed by atoms with Crippen LogP contribution in [-0.4, -0.2) is 59.7 Å². The molecule has 1 aromatic carbocycles. The minimum Gasteiger partial charge on any atom is -0.485 e. The van der Waals surface area contributed by atoms with Crippen molar-refractivity contribution in [1.82, 2.24) is 10.2 Å². The van der Waals surface area contributed by atoms with Gasteiger partial charge in [0.05, 0.1) is 11.1 Å². The van der Waals surface area contributed by atoms with Crippen LogP contribution in [0.1, 0.15) is 33.6 Å². The summed E-state index contributed by atoms with van der Waals surface area (Å²) < 4.78 is 5.17. The smallest absolute Gasteiger partial charge is 0.266 e. The topological polar surface area (TPSA) is 130 Å². The van der Waals surface area contributed by atoms with Crippen LogP contribution >= 0.6 is 0 Å². The van der Waals surface area contributed by atoms with Crippen LogP contribution in [0.3, 0.4) is 0 Å². The second kappa shape index (κ2) is 7.67. The fraction of sp³-hybridized carbons (Fsp3) is 0.312. The number of benzene rings is 1. The van der Waals surface area contributed by atoms with Crippen LogP contribution in [0.5, 0.6) is 5.75 Å². The lowest BCUT2D eigenvalue weighted by Crippen LogP contribution is -2.54. The van der Waals surface area contributed by atoms with E-state index in [9.17, 15) is 24.0 Å². The van der Waals surface area contributed by atoms with Gasteiger partial charge >= 0.3 is 0 Å². The molecule has 0 bridgehead atoms. The molecule has 1 atom stereocenters. The molecular weight excluding hydrogens is 332 g/mol. The zero-order chi connectivity index (χ0) is 18.6. The molecule has 2 aliphatic rings. The maximum Gasteiger partial charge on any atom is 0.266 e. The van der Waals surface area contributed by atoms with Crippen LogP contribution in [0, 0.1) is 0 Å². The molecule has 0 spiro atoms. The molecule has 9 heteroatoms. The molecule has 3 rings (SSSR count). The van der Waals surface area contributed by atoms with Gasteiger partial charge in [0.25, 0.3) is 11.8 Å². The third-order valence-corrected chi connectivity index (χ3v) is 3.74. The Morgan fingerprint density at radius 3 is 2.60 bits per heavy atom. The van der Waals surface area contributed by atoms with Gasteiger partial charge in [0.1, 0.15) is 18.4 Å². The van der Waals surface area contributed by atoms with Gasteiger partial charge in [-0.1, -0.05) is 6.07 Å². The number of piperidine rings is 1. The molecule has 0 aliphatic carbocycles. The number of nitrogens with one attached hydrogen (secondary N) is 1. The second-order valence-electron chi connectivity index (χ2n) is 5.10. The third-order valence-electron chi connectivity index (χ3n) is 3.74. The summed E-state index contributed by atoms with van der Waals surface area (Å²) in [4.78, 5) is 59.5. The fourth-order valence-corrected chi connectivity index (χ4v) is 2.73. The molecule has 0 aromatic heterocycles. The summed E-state index contributed by atoms with van der Waals surface area (Å²) >= 11 is 0. The van der Waals surface area contributed by atoms with E-state index in [1.807, 2.05) is 0 Å². The summed E-state index contributed by atoms with van der Waals surface area (Å²) in [5, 5.41) is 9.12. The molecule has 1 aromatic rings. The number of aliphatic hydroxyl groups is 1. The summed E-state index contributed by atoms with van der Waals surface area (Å²) in [6.07, 6.45) is 0.664. The molecule has 1 saturated heterocycles. The Bertz CT molecular complexity index is 744. The lowest BCUT2D eigenvalue weighted by Gasteiger charge is -2.27. The van der Waals surface area contributed by atoms with E-state index in [1.165, 1.54) is 18.2 Å². The minimum absolute atomic E-state index is 0.0315. The molecule has 25 heavy (non-hydrogen) atoms. The van der Waals surface area contributed by atoms with E-state index in [2.05, 4.69) is 5.32 Å². The number of carbonyl (C=O) groups is 5. The van der Waals surface area contributed by atoms with Gasteiger partial charge in [-0.05, 0) is 18.6 Å². The van der Waals surface area contributed by atoms with Crippen molar-refractivity contribution in [2.75, 3.05) is 13.7 Å². The van der Waals surface area contributed by atoms with E-state index >= 15 is 0 Å². The van der Waals surface area contributed by atoms with Crippen LogP contribution < -0.4 is 10.1 Å². The Kier molecular flexibility index (Phi) is 5.60. The molecule has 2 aliphatic heterocycles. The summed E-state index contributed by atoms with van der Waals surface area (Å²) in [6.45, 7) is -0.254. The van der Waals surface area contributed by atoms with Crippen molar-refractivity contribution >= 4 is 29.9 Å². The first kappa shape index (κ1) is 18.3. The fourth-order valence-electron chi connectivity index (χ4n) is 2.73. The van der Waals surface area contributed by atoms with Gasteiger partial charge < -0.3 is 9.84 Å². The van der Waals surface area contributed by atoms with Crippen molar-refractivity contribution < 1.29 is 33.8 Å². The van der Waals surface area contributed by atoms with Gasteiger partial charge in [0.2, 0.25) is 11.8 Å². The Balaban J connectivity index is 0.00000109. The van der Waals surface area contributed by atoms with E-state index in [0.29, 0.717) is 6.29 Å². The average molecular weight is 348 g/mol. The first-order valence-electron chi connectivity index (χ1n) is 7.40. The zero-order valence-electron chi connectivity index (χ0n) is 13.4. The first-order valence-corrected chi connectivity index (χ1v) is 7.40. The van der Waals surface area contributed by atoms with Crippen molar-refractivity contribution in [3.05, 3.63) is 29.3 Å². The number of amides is 4. The van der Waals surface area contributed by atoms with Gasteiger partial charge in [-0.15, -0.1) is 0 Å². The van der Waals surface area contributed by atoms with Gasteiger partial charge in [-0.2, -0.15) is 0 Å². The SMILES string of the molecule is CO.O=CCOc1cccc2c1C(=O)N(C1CCC(=O)NC1=O)C2=O. The highest BCUT2D eigenvalue weighted by molar-refractivity contribution is 6.24. The Hall–Kier alpha value is -3.07. The number of carbonyl (C=O) groups excluding carboxylic acids is 5. The minimum atomic E-state index is -1.03. The lowest BCUT2D eigenvalue weighted by molar-refractivity contribution is -0.136. The number of nitrogens with zero attached hydrogens (tertiary/aromatic N) is 1. The van der Waals surface area contributed by atoms with Gasteiger partial charge in [-0.3, -0.25) is 34.2 Å². The van der Waals surface area contributed by atoms with Crippen molar-refractivity contribution in [2.45, 2.75) is 18.9 Å². The van der Waals surface area contributed by atoms with Gasteiger partial charge in [0.15, 0.2) is 6.29 Å². The van der Waals surface area contributed by atoms with Crippen LogP contribution in [0.4, 0.5) is 0 Å². The number of rotatable bonds is 4. The van der Waals surface area contributed by atoms with E-state index in [-0.39, 0.29) is 36.3 Å². The normalized spacial score (nSPS) is 19.0. The predicted octanol–water partition coefficient (Wildman–Crippen LogP) is -0.726. The molecule has 4 amide bonds. The number of hydrogen-bond donors (Lipinski definition) is 2. The van der Waals surface area contributed by atoms with Crippen LogP contribution in [-0.2, 0) is 14.4 Å². The molecule has 0 radical (unpaired) electrons. The second-order valence-corrected chi connectivity index (χ2v) is 5.10. The van der Waals surface area contributed by atoms with Crippen LogP contribution in [0.2, 0.25) is 0 Å². The van der Waals surface area contributed by atoms with Crippen molar-refractivity contribution in [1.29, 1.82) is 0 Å². The Labute approximate surface area is 142 Å². The van der Waals surface area contributed by atoms with Crippen molar-refractivity contribution in [2.24, 2.45) is 0 Å². The largest absolute Gasteiger partial charge is 0.485 e. The average Bonchev–Trinajstić information content (AvgIpc) is 2.87. The summed E-state index contributed by atoms with van der Waals surface area (Å²) in [6, 6.07) is 3.42. The molecule has 1 unspecified atom stereocenters. The first-order chi connectivity index (χ1) is 12.0. The highest BCUT2D eigenvalue weighted by atomic mass is 16.5. The number of fused-ring (bicyclic) bond motifs is 1. The van der Waals surface area contributed by atoms with Crippen LogP contribution in [0.25, 0.3) is 0 Å². The zero-order valence-corrected chi connectivity index (χ0v) is 13.4. The van der Waals surface area contributed by atoms with E-state index < -0.39 is 29.7 Å². The third kappa shape index (κ3) is 3.26. The molecule has 0 saturated carbocycles. The molecular formula is C16H16N2O7. The predicted molar refractivity (Wildman–Crippen MR) is 82.8 cm³/mol. The molecule has 132 valence electrons. The highest BCUT2D eigenvalue weighted by Crippen LogP contribution is 2.33. The number of hydrogen-bond acceptors (Lipinski definition) is 7. The van der Waals surface area contributed by atoms with Crippen molar-refractivity contribution in [3.8, 4) is 5.75 Å². The molecule has 2 heterocycles. The van der Waals surface area contributed by atoms with Crippen molar-refractivity contribution in [3.63, 3.8) is 0 Å². The molecule has 2 N–H and O–H groups in total. The van der Waals surface area contributed by atoms with Crippen LogP contribution in [0.15, 0.2) is 18.2 Å². The summed E-state index contributed by atoms with van der Waals surface area (Å²) in [5.74, 6) is -2.27.